The first-order valence-electron chi connectivity index (χ1n) is 12.1. The Morgan fingerprint density at radius 3 is 2.38 bits per heavy atom. The lowest BCUT2D eigenvalue weighted by Crippen LogP contribution is -2.30. The molecule has 10 heteroatoms. The fourth-order valence-corrected chi connectivity index (χ4v) is 6.38. The van der Waals surface area contributed by atoms with Crippen LogP contribution < -0.4 is 13.9 Å². The van der Waals surface area contributed by atoms with Crippen LogP contribution in [0.5, 0.6) is 5.75 Å². The predicted octanol–water partition coefficient (Wildman–Crippen LogP) is 5.68. The van der Waals surface area contributed by atoms with Crippen molar-refractivity contribution in [3.05, 3.63) is 108 Å². The first-order chi connectivity index (χ1) is 18.8. The molecule has 0 atom stereocenters. The van der Waals surface area contributed by atoms with Gasteiger partial charge in [0.1, 0.15) is 11.3 Å². The number of aryl methyl sites for hydroxylation is 1. The summed E-state index contributed by atoms with van der Waals surface area (Å²) in [5.74, 6) is 0.318. The molecule has 8 nitrogen and oxygen atoms in total. The van der Waals surface area contributed by atoms with E-state index in [0.717, 1.165) is 15.8 Å². The Labute approximate surface area is 231 Å². The van der Waals surface area contributed by atoms with Crippen LogP contribution in [0.15, 0.2) is 96.2 Å². The second-order valence-corrected chi connectivity index (χ2v) is 11.8. The van der Waals surface area contributed by atoms with Gasteiger partial charge in [-0.2, -0.15) is 0 Å². The number of sulfonamides is 1. The SMILES string of the molecule is COc1ccc(C)c2sc(N(Cc3cccnc3)C(=O)c3ccc(S(=O)(=O)N(C)c4ccccc4)cc3)nc12. The largest absolute Gasteiger partial charge is 0.494 e. The predicted molar refractivity (Wildman–Crippen MR) is 154 cm³/mol. The summed E-state index contributed by atoms with van der Waals surface area (Å²) < 4.78 is 34.1. The van der Waals surface area contributed by atoms with Gasteiger partial charge in [-0.1, -0.05) is 41.7 Å². The molecule has 39 heavy (non-hydrogen) atoms. The molecule has 0 N–H and O–H groups in total. The Morgan fingerprint density at radius 2 is 1.72 bits per heavy atom. The number of ether oxygens (including phenoxy) is 1. The number of carbonyl (C=O) groups excluding carboxylic acids is 1. The summed E-state index contributed by atoms with van der Waals surface area (Å²) in [7, 11) is -0.717. The Hall–Kier alpha value is -4.28. The summed E-state index contributed by atoms with van der Waals surface area (Å²) in [5.41, 5.74) is 3.43. The molecule has 0 aliphatic heterocycles. The Bertz CT molecular complexity index is 1720. The molecule has 5 aromatic rings. The molecule has 0 spiro atoms. The van der Waals surface area contributed by atoms with Crippen molar-refractivity contribution < 1.29 is 17.9 Å². The van der Waals surface area contributed by atoms with E-state index in [1.807, 2.05) is 37.3 Å². The lowest BCUT2D eigenvalue weighted by molar-refractivity contribution is 0.0985. The zero-order chi connectivity index (χ0) is 27.6. The van der Waals surface area contributed by atoms with Crippen LogP contribution in [0.4, 0.5) is 10.8 Å². The molecule has 0 radical (unpaired) electrons. The van der Waals surface area contributed by atoms with Crippen LogP contribution in [0.25, 0.3) is 10.2 Å². The Kier molecular flexibility index (Phi) is 7.32. The third kappa shape index (κ3) is 5.21. The van der Waals surface area contributed by atoms with Crippen LogP contribution in [0, 0.1) is 6.92 Å². The molecule has 0 saturated carbocycles. The summed E-state index contributed by atoms with van der Waals surface area (Å²) in [5, 5.41) is 0.506. The number of hydrogen-bond donors (Lipinski definition) is 0. The van der Waals surface area contributed by atoms with E-state index < -0.39 is 10.0 Å². The number of benzene rings is 3. The monoisotopic (exact) mass is 558 g/mol. The number of anilines is 2. The lowest BCUT2D eigenvalue weighted by Gasteiger charge is -2.21. The highest BCUT2D eigenvalue weighted by molar-refractivity contribution is 7.92. The highest BCUT2D eigenvalue weighted by Gasteiger charge is 2.25. The molecule has 2 aromatic heterocycles. The van der Waals surface area contributed by atoms with Gasteiger partial charge >= 0.3 is 0 Å². The smallest absolute Gasteiger partial charge is 0.264 e. The second kappa shape index (κ2) is 10.8. The number of aromatic nitrogens is 2. The number of rotatable bonds is 8. The van der Waals surface area contributed by atoms with E-state index in [1.165, 1.54) is 47.0 Å². The topological polar surface area (TPSA) is 92.7 Å². The van der Waals surface area contributed by atoms with E-state index in [4.69, 9.17) is 9.72 Å². The van der Waals surface area contributed by atoms with Crippen molar-refractivity contribution in [1.29, 1.82) is 0 Å². The van der Waals surface area contributed by atoms with Crippen molar-refractivity contribution in [2.45, 2.75) is 18.4 Å². The van der Waals surface area contributed by atoms with Gasteiger partial charge in [0, 0.05) is 25.0 Å². The number of amides is 1. The molecule has 0 bridgehead atoms. The fourth-order valence-electron chi connectivity index (χ4n) is 4.14. The van der Waals surface area contributed by atoms with Crippen LogP contribution in [-0.4, -0.2) is 38.5 Å². The van der Waals surface area contributed by atoms with E-state index in [-0.39, 0.29) is 17.3 Å². The van der Waals surface area contributed by atoms with Gasteiger partial charge in [0.2, 0.25) is 0 Å². The number of thiazole rings is 1. The first-order valence-corrected chi connectivity index (χ1v) is 14.3. The van der Waals surface area contributed by atoms with E-state index in [2.05, 4.69) is 4.98 Å². The van der Waals surface area contributed by atoms with Crippen molar-refractivity contribution >= 4 is 48.3 Å². The standard InChI is InChI=1S/C29H26N4O4S2/c1-20-11-16-25(37-3)26-27(20)38-29(31-26)33(19-21-8-7-17-30-18-21)28(34)22-12-14-24(15-13-22)39(35,36)32(2)23-9-5-4-6-10-23/h4-18H,19H2,1-3H3. The van der Waals surface area contributed by atoms with Gasteiger partial charge in [0.05, 0.1) is 28.9 Å². The molecule has 198 valence electrons. The third-order valence-corrected chi connectivity index (χ3v) is 9.34. The maximum Gasteiger partial charge on any atom is 0.264 e. The highest BCUT2D eigenvalue weighted by atomic mass is 32.2. The molecular weight excluding hydrogens is 532 g/mol. The van der Waals surface area contributed by atoms with Crippen molar-refractivity contribution in [1.82, 2.24) is 9.97 Å². The van der Waals surface area contributed by atoms with E-state index >= 15 is 0 Å². The maximum atomic E-state index is 13.9. The summed E-state index contributed by atoms with van der Waals surface area (Å²) in [4.78, 5) is 24.5. The fraction of sp³-hybridized carbons (Fsp3) is 0.138. The molecule has 0 unspecified atom stereocenters. The van der Waals surface area contributed by atoms with Crippen LogP contribution >= 0.6 is 11.3 Å². The van der Waals surface area contributed by atoms with E-state index in [1.54, 1.807) is 48.7 Å². The average molecular weight is 559 g/mol. The number of nitrogens with zero attached hydrogens (tertiary/aromatic N) is 4. The van der Waals surface area contributed by atoms with Crippen LogP contribution in [0.2, 0.25) is 0 Å². The van der Waals surface area contributed by atoms with Crippen molar-refractivity contribution in [3.63, 3.8) is 0 Å². The molecule has 0 saturated heterocycles. The minimum Gasteiger partial charge on any atom is -0.494 e. The molecule has 2 heterocycles. The first kappa shape index (κ1) is 26.3. The van der Waals surface area contributed by atoms with Gasteiger partial charge in [0.15, 0.2) is 5.13 Å². The molecule has 0 aliphatic rings. The third-order valence-electron chi connectivity index (χ3n) is 6.33. The normalized spacial score (nSPS) is 11.4. The Balaban J connectivity index is 1.51. The minimum absolute atomic E-state index is 0.0876. The summed E-state index contributed by atoms with van der Waals surface area (Å²) >= 11 is 1.40. The molecule has 3 aromatic carbocycles. The van der Waals surface area contributed by atoms with E-state index in [9.17, 15) is 13.2 Å². The van der Waals surface area contributed by atoms with Gasteiger partial charge in [0.25, 0.3) is 15.9 Å². The summed E-state index contributed by atoms with van der Waals surface area (Å²) in [6.45, 7) is 2.23. The minimum atomic E-state index is -3.81. The van der Waals surface area contributed by atoms with Crippen LogP contribution in [-0.2, 0) is 16.6 Å². The van der Waals surface area contributed by atoms with Crippen molar-refractivity contribution in [2.24, 2.45) is 0 Å². The van der Waals surface area contributed by atoms with Gasteiger partial charge in [-0.25, -0.2) is 13.4 Å². The number of carbonyl (C=O) groups is 1. The van der Waals surface area contributed by atoms with Crippen molar-refractivity contribution in [3.8, 4) is 5.75 Å². The van der Waals surface area contributed by atoms with Gasteiger partial charge < -0.3 is 4.74 Å². The molecule has 0 aliphatic carbocycles. The average Bonchev–Trinajstić information content (AvgIpc) is 3.43. The summed E-state index contributed by atoms with van der Waals surface area (Å²) in [6.07, 6.45) is 3.38. The number of para-hydroxylation sites is 1. The van der Waals surface area contributed by atoms with Gasteiger partial charge in [-0.15, -0.1) is 0 Å². The second-order valence-electron chi connectivity index (χ2n) is 8.84. The number of hydrogen-bond acceptors (Lipinski definition) is 7. The summed E-state index contributed by atoms with van der Waals surface area (Å²) in [6, 6.07) is 22.3. The number of methoxy groups -OCH3 is 1. The van der Waals surface area contributed by atoms with Crippen molar-refractivity contribution in [2.75, 3.05) is 23.4 Å². The molecule has 0 fully saturated rings. The zero-order valence-electron chi connectivity index (χ0n) is 21.6. The van der Waals surface area contributed by atoms with Crippen LogP contribution in [0.1, 0.15) is 21.5 Å². The maximum absolute atomic E-state index is 13.9. The van der Waals surface area contributed by atoms with E-state index in [0.29, 0.717) is 27.6 Å². The zero-order valence-corrected chi connectivity index (χ0v) is 23.2. The lowest BCUT2D eigenvalue weighted by atomic mass is 10.2. The molecular formula is C29H26N4O4S2. The van der Waals surface area contributed by atoms with Crippen LogP contribution in [0.3, 0.4) is 0 Å². The highest BCUT2D eigenvalue weighted by Crippen LogP contribution is 2.37. The number of pyridine rings is 1. The quantitative estimate of drug-likeness (QED) is 0.243. The molecule has 1 amide bonds. The van der Waals surface area contributed by atoms with Gasteiger partial charge in [-0.05, 0) is 66.6 Å². The van der Waals surface area contributed by atoms with Gasteiger partial charge in [-0.3, -0.25) is 19.0 Å². The number of fused-ring (bicyclic) bond motifs is 1. The Morgan fingerprint density at radius 1 is 0.974 bits per heavy atom. The molecule has 5 rings (SSSR count).